The molecule has 3 aromatic heterocycles. The molecule has 3 aromatic rings. The van der Waals surface area contributed by atoms with Gasteiger partial charge in [0.15, 0.2) is 11.6 Å². The Hall–Kier alpha value is -3.34. The Balaban J connectivity index is 1.42. The molecule has 11 heteroatoms. The van der Waals surface area contributed by atoms with Crippen molar-refractivity contribution in [3.63, 3.8) is 0 Å². The van der Waals surface area contributed by atoms with Crippen LogP contribution >= 0.6 is 0 Å². The lowest BCUT2D eigenvalue weighted by molar-refractivity contribution is -0.141. The molecule has 0 unspecified atom stereocenters. The average molecular weight is 448 g/mol. The predicted octanol–water partition coefficient (Wildman–Crippen LogP) is 3.82. The molecule has 0 aliphatic carbocycles. The van der Waals surface area contributed by atoms with Crippen LogP contribution in [-0.4, -0.2) is 32.0 Å². The molecular weight excluding hydrogens is 428 g/mol. The van der Waals surface area contributed by atoms with Crippen LogP contribution in [0.25, 0.3) is 5.82 Å². The number of amides is 1. The number of pyridine rings is 2. The van der Waals surface area contributed by atoms with Gasteiger partial charge in [0.2, 0.25) is 5.91 Å². The second kappa shape index (κ2) is 9.03. The van der Waals surface area contributed by atoms with E-state index in [1.807, 2.05) is 0 Å². The van der Waals surface area contributed by atoms with E-state index in [1.165, 1.54) is 29.2 Å². The van der Waals surface area contributed by atoms with Crippen LogP contribution in [0.1, 0.15) is 42.4 Å². The molecule has 4 heterocycles. The van der Waals surface area contributed by atoms with Crippen LogP contribution in [-0.2, 0) is 17.4 Å². The number of hydrogen-bond donors (Lipinski definition) is 2. The topological polar surface area (TPSA) is 84.7 Å². The van der Waals surface area contributed by atoms with E-state index in [-0.39, 0.29) is 23.2 Å². The Kier molecular flexibility index (Phi) is 6.17. The monoisotopic (exact) mass is 448 g/mol. The summed E-state index contributed by atoms with van der Waals surface area (Å²) in [5.41, 5.74) is -0.248. The maximum atomic E-state index is 14.6. The summed E-state index contributed by atoms with van der Waals surface area (Å²) < 4.78 is 54.4. The number of aromatic nitrogens is 4. The first-order chi connectivity index (χ1) is 15.3. The summed E-state index contributed by atoms with van der Waals surface area (Å²) in [5.74, 6) is -1.29. The molecule has 0 radical (unpaired) electrons. The third-order valence-corrected chi connectivity index (χ3v) is 5.06. The number of halogens is 4. The first-order valence-corrected chi connectivity index (χ1v) is 10.1. The third kappa shape index (κ3) is 5.10. The van der Waals surface area contributed by atoms with Gasteiger partial charge in [0.1, 0.15) is 12.0 Å². The van der Waals surface area contributed by atoms with Crippen molar-refractivity contribution in [1.82, 2.24) is 24.8 Å². The SMILES string of the molecule is O=C(Cc1cccc(C(F)(F)F)n1)Nc1cnc(-n2cnc([C@@H]3CCCCN3)c2)c(F)c1. The number of anilines is 1. The molecule has 32 heavy (non-hydrogen) atoms. The fourth-order valence-electron chi connectivity index (χ4n) is 3.53. The Morgan fingerprint density at radius 2 is 2.09 bits per heavy atom. The molecule has 2 N–H and O–H groups in total. The number of imidazole rings is 1. The molecule has 0 bridgehead atoms. The number of hydrogen-bond acceptors (Lipinski definition) is 5. The maximum Gasteiger partial charge on any atom is 0.433 e. The van der Waals surface area contributed by atoms with E-state index in [0.717, 1.165) is 43.6 Å². The van der Waals surface area contributed by atoms with Crippen molar-refractivity contribution in [3.8, 4) is 5.82 Å². The normalized spacial score (nSPS) is 16.7. The van der Waals surface area contributed by atoms with E-state index >= 15 is 0 Å². The van der Waals surface area contributed by atoms with Crippen LogP contribution in [0.4, 0.5) is 23.2 Å². The molecule has 7 nitrogen and oxygen atoms in total. The van der Waals surface area contributed by atoms with Crippen molar-refractivity contribution >= 4 is 11.6 Å². The smallest absolute Gasteiger partial charge is 0.324 e. The first-order valence-electron chi connectivity index (χ1n) is 10.1. The second-order valence-corrected chi connectivity index (χ2v) is 7.47. The zero-order valence-corrected chi connectivity index (χ0v) is 16.9. The van der Waals surface area contributed by atoms with E-state index in [4.69, 9.17) is 0 Å². The molecule has 1 atom stereocenters. The Bertz CT molecular complexity index is 1110. The fourth-order valence-corrected chi connectivity index (χ4v) is 3.53. The van der Waals surface area contributed by atoms with Gasteiger partial charge in [0.05, 0.1) is 35.7 Å². The highest BCUT2D eigenvalue weighted by molar-refractivity contribution is 5.91. The van der Waals surface area contributed by atoms with E-state index in [2.05, 4.69) is 25.6 Å². The highest BCUT2D eigenvalue weighted by Crippen LogP contribution is 2.27. The Morgan fingerprint density at radius 1 is 1.25 bits per heavy atom. The lowest BCUT2D eigenvalue weighted by Crippen LogP contribution is -2.26. The molecule has 1 amide bonds. The molecule has 1 aliphatic rings. The van der Waals surface area contributed by atoms with E-state index in [1.54, 1.807) is 6.20 Å². The van der Waals surface area contributed by atoms with Crippen LogP contribution in [0.2, 0.25) is 0 Å². The lowest BCUT2D eigenvalue weighted by Gasteiger charge is -2.21. The molecule has 1 fully saturated rings. The van der Waals surface area contributed by atoms with E-state index in [9.17, 15) is 22.4 Å². The molecule has 168 valence electrons. The van der Waals surface area contributed by atoms with Crippen LogP contribution in [0.5, 0.6) is 0 Å². The number of alkyl halides is 3. The summed E-state index contributed by atoms with van der Waals surface area (Å²) in [6.45, 7) is 0.911. The molecular formula is C21H20F4N6O. The number of nitrogens with one attached hydrogen (secondary N) is 2. The zero-order valence-electron chi connectivity index (χ0n) is 16.9. The largest absolute Gasteiger partial charge is 0.433 e. The van der Waals surface area contributed by atoms with Crippen molar-refractivity contribution in [2.24, 2.45) is 0 Å². The van der Waals surface area contributed by atoms with E-state index < -0.39 is 30.0 Å². The second-order valence-electron chi connectivity index (χ2n) is 7.47. The molecule has 1 aliphatic heterocycles. The van der Waals surface area contributed by atoms with Gasteiger partial charge in [-0.25, -0.2) is 19.3 Å². The minimum absolute atomic E-state index is 0.0251. The summed E-state index contributed by atoms with van der Waals surface area (Å²) in [6, 6.07) is 4.53. The van der Waals surface area contributed by atoms with Crippen LogP contribution in [0.3, 0.4) is 0 Å². The molecule has 0 spiro atoms. The van der Waals surface area contributed by atoms with Crippen molar-refractivity contribution in [2.45, 2.75) is 37.9 Å². The van der Waals surface area contributed by atoms with Gasteiger partial charge < -0.3 is 10.6 Å². The third-order valence-electron chi connectivity index (χ3n) is 5.06. The zero-order chi connectivity index (χ0) is 22.7. The van der Waals surface area contributed by atoms with Crippen LogP contribution in [0.15, 0.2) is 43.0 Å². The number of carbonyl (C=O) groups is 1. The van der Waals surface area contributed by atoms with Crippen molar-refractivity contribution < 1.29 is 22.4 Å². The Morgan fingerprint density at radius 3 is 2.81 bits per heavy atom. The van der Waals surface area contributed by atoms with Crippen molar-refractivity contribution in [1.29, 1.82) is 0 Å². The van der Waals surface area contributed by atoms with Gasteiger partial charge in [0, 0.05) is 12.3 Å². The van der Waals surface area contributed by atoms with Crippen molar-refractivity contribution in [2.75, 3.05) is 11.9 Å². The van der Waals surface area contributed by atoms with Gasteiger partial charge in [-0.3, -0.25) is 9.36 Å². The standard InChI is InChI=1S/C21H20F4N6O/c22-15-8-14(30-19(32)9-13-4-3-6-18(29-13)21(23,24)25)10-27-20(15)31-11-17(28-12-31)16-5-1-2-7-26-16/h3-4,6,8,10-12,16,26H,1-2,5,7,9H2,(H,30,32)/t16-/m0/s1. The predicted molar refractivity (Wildman–Crippen MR) is 107 cm³/mol. The van der Waals surface area contributed by atoms with Gasteiger partial charge in [-0.05, 0) is 31.5 Å². The highest BCUT2D eigenvalue weighted by atomic mass is 19.4. The van der Waals surface area contributed by atoms with Gasteiger partial charge in [-0.15, -0.1) is 0 Å². The van der Waals surface area contributed by atoms with Gasteiger partial charge in [-0.2, -0.15) is 13.2 Å². The quantitative estimate of drug-likeness (QED) is 0.580. The maximum absolute atomic E-state index is 14.6. The molecule has 0 saturated carbocycles. The lowest BCUT2D eigenvalue weighted by atomic mass is 10.0. The number of piperidine rings is 1. The summed E-state index contributed by atoms with van der Waals surface area (Å²) in [4.78, 5) is 24.0. The van der Waals surface area contributed by atoms with Gasteiger partial charge >= 0.3 is 6.18 Å². The minimum atomic E-state index is -4.60. The number of nitrogens with zero attached hydrogens (tertiary/aromatic N) is 4. The average Bonchev–Trinajstić information content (AvgIpc) is 3.24. The van der Waals surface area contributed by atoms with Gasteiger partial charge in [-0.1, -0.05) is 12.5 Å². The minimum Gasteiger partial charge on any atom is -0.324 e. The van der Waals surface area contributed by atoms with Crippen LogP contribution < -0.4 is 10.6 Å². The van der Waals surface area contributed by atoms with Gasteiger partial charge in [0.25, 0.3) is 0 Å². The number of carbonyl (C=O) groups excluding carboxylic acids is 1. The number of rotatable bonds is 5. The van der Waals surface area contributed by atoms with E-state index in [0.29, 0.717) is 0 Å². The summed E-state index contributed by atoms with van der Waals surface area (Å²) >= 11 is 0. The van der Waals surface area contributed by atoms with Crippen molar-refractivity contribution in [3.05, 3.63) is 65.9 Å². The summed E-state index contributed by atoms with van der Waals surface area (Å²) in [5, 5.41) is 5.80. The fraction of sp³-hybridized carbons (Fsp3) is 0.333. The highest BCUT2D eigenvalue weighted by Gasteiger charge is 2.32. The summed E-state index contributed by atoms with van der Waals surface area (Å²) in [6.07, 6.45) is 2.64. The molecule has 0 aromatic carbocycles. The Labute approximate surface area is 180 Å². The first kappa shape index (κ1) is 21.9. The summed E-state index contributed by atoms with van der Waals surface area (Å²) in [7, 11) is 0. The molecule has 1 saturated heterocycles. The molecule has 4 rings (SSSR count). The van der Waals surface area contributed by atoms with Crippen LogP contribution in [0, 0.1) is 5.82 Å².